The number of methoxy groups -OCH3 is 1. The second-order valence-electron chi connectivity index (χ2n) is 3.90. The summed E-state index contributed by atoms with van der Waals surface area (Å²) in [5, 5.41) is 9.02. The second kappa shape index (κ2) is 5.01. The van der Waals surface area contributed by atoms with E-state index < -0.39 is 0 Å². The van der Waals surface area contributed by atoms with Crippen LogP contribution in [0.3, 0.4) is 0 Å². The minimum Gasteiger partial charge on any atom is -0.496 e. The van der Waals surface area contributed by atoms with E-state index in [0.29, 0.717) is 5.92 Å². The van der Waals surface area contributed by atoms with Gasteiger partial charge in [-0.1, -0.05) is 19.9 Å². The summed E-state index contributed by atoms with van der Waals surface area (Å²) in [7, 11) is 1.68. The fourth-order valence-electron chi connectivity index (χ4n) is 1.53. The molecule has 0 fully saturated rings. The molecule has 0 saturated heterocycles. The van der Waals surface area contributed by atoms with E-state index in [1.54, 1.807) is 7.11 Å². The van der Waals surface area contributed by atoms with Crippen molar-refractivity contribution in [3.63, 3.8) is 0 Å². The molecule has 1 aromatic carbocycles. The summed E-state index contributed by atoms with van der Waals surface area (Å²) in [6.07, 6.45) is 0.983. The largest absolute Gasteiger partial charge is 0.496 e. The van der Waals surface area contributed by atoms with Gasteiger partial charge in [0.2, 0.25) is 0 Å². The van der Waals surface area contributed by atoms with Crippen LogP contribution in [0.25, 0.3) is 0 Å². The summed E-state index contributed by atoms with van der Waals surface area (Å²) in [4.78, 5) is 0. The predicted octanol–water partition coefficient (Wildman–Crippen LogP) is 2.39. The average Bonchev–Trinajstić information content (AvgIpc) is 2.16. The van der Waals surface area contributed by atoms with Crippen LogP contribution < -0.4 is 4.74 Å². The van der Waals surface area contributed by atoms with Crippen molar-refractivity contribution in [2.24, 2.45) is 5.92 Å². The Morgan fingerprint density at radius 1 is 1.36 bits per heavy atom. The van der Waals surface area contributed by atoms with E-state index in [2.05, 4.69) is 13.8 Å². The summed E-state index contributed by atoms with van der Waals surface area (Å²) < 4.78 is 5.26. The number of benzene rings is 1. The molecule has 14 heavy (non-hydrogen) atoms. The van der Waals surface area contributed by atoms with Crippen molar-refractivity contribution in [1.29, 1.82) is 0 Å². The summed E-state index contributed by atoms with van der Waals surface area (Å²) in [5.41, 5.74) is 2.12. The van der Waals surface area contributed by atoms with Crippen molar-refractivity contribution in [2.75, 3.05) is 7.11 Å². The van der Waals surface area contributed by atoms with Crippen LogP contribution >= 0.6 is 0 Å². The van der Waals surface area contributed by atoms with Gasteiger partial charge < -0.3 is 9.84 Å². The van der Waals surface area contributed by atoms with Gasteiger partial charge in [0.15, 0.2) is 0 Å². The lowest BCUT2D eigenvalue weighted by Gasteiger charge is -2.11. The lowest BCUT2D eigenvalue weighted by atomic mass is 10.00. The first-order valence-electron chi connectivity index (χ1n) is 4.94. The Balaban J connectivity index is 2.96. The standard InChI is InChI=1S/C12H18O2/c1-9(2)6-11-7-10(8-13)4-5-12(11)14-3/h4-5,7,9,13H,6,8H2,1-3H3. The lowest BCUT2D eigenvalue weighted by molar-refractivity contribution is 0.281. The Labute approximate surface area is 85.5 Å². The van der Waals surface area contributed by atoms with Crippen molar-refractivity contribution in [1.82, 2.24) is 0 Å². The zero-order valence-electron chi connectivity index (χ0n) is 9.08. The highest BCUT2D eigenvalue weighted by Gasteiger charge is 2.05. The molecule has 78 valence electrons. The minimum absolute atomic E-state index is 0.0924. The third-order valence-electron chi connectivity index (χ3n) is 2.16. The zero-order valence-corrected chi connectivity index (χ0v) is 9.08. The maximum Gasteiger partial charge on any atom is 0.122 e. The Hall–Kier alpha value is -1.02. The van der Waals surface area contributed by atoms with Gasteiger partial charge in [-0.3, -0.25) is 0 Å². The average molecular weight is 194 g/mol. The molecule has 0 saturated carbocycles. The molecule has 0 aromatic heterocycles. The van der Waals surface area contributed by atoms with E-state index >= 15 is 0 Å². The highest BCUT2D eigenvalue weighted by atomic mass is 16.5. The summed E-state index contributed by atoms with van der Waals surface area (Å²) in [5.74, 6) is 1.51. The smallest absolute Gasteiger partial charge is 0.122 e. The monoisotopic (exact) mass is 194 g/mol. The number of ether oxygens (including phenoxy) is 1. The molecule has 0 radical (unpaired) electrons. The molecule has 0 aliphatic heterocycles. The van der Waals surface area contributed by atoms with E-state index in [9.17, 15) is 0 Å². The first kappa shape index (κ1) is 11.1. The SMILES string of the molecule is COc1ccc(CO)cc1CC(C)C. The Morgan fingerprint density at radius 2 is 2.07 bits per heavy atom. The maximum atomic E-state index is 9.02. The fourth-order valence-corrected chi connectivity index (χ4v) is 1.53. The van der Waals surface area contributed by atoms with Crippen LogP contribution in [0.1, 0.15) is 25.0 Å². The first-order chi connectivity index (χ1) is 6.67. The van der Waals surface area contributed by atoms with Gasteiger partial charge in [-0.25, -0.2) is 0 Å². The van der Waals surface area contributed by atoms with Gasteiger partial charge in [-0.15, -0.1) is 0 Å². The van der Waals surface area contributed by atoms with Crippen molar-refractivity contribution < 1.29 is 9.84 Å². The molecular weight excluding hydrogens is 176 g/mol. The van der Waals surface area contributed by atoms with Crippen LogP contribution in [0.2, 0.25) is 0 Å². The molecule has 1 N–H and O–H groups in total. The van der Waals surface area contributed by atoms with E-state index in [1.165, 1.54) is 5.56 Å². The molecule has 0 unspecified atom stereocenters. The van der Waals surface area contributed by atoms with Gasteiger partial charge in [-0.05, 0) is 35.6 Å². The molecule has 2 nitrogen and oxygen atoms in total. The summed E-state index contributed by atoms with van der Waals surface area (Å²) in [6.45, 7) is 4.44. The van der Waals surface area contributed by atoms with Crippen LogP contribution in [0.15, 0.2) is 18.2 Å². The number of aliphatic hydroxyl groups excluding tert-OH is 1. The third-order valence-corrected chi connectivity index (χ3v) is 2.16. The first-order valence-corrected chi connectivity index (χ1v) is 4.94. The molecule has 0 atom stereocenters. The van der Waals surface area contributed by atoms with Crippen LogP contribution in [-0.4, -0.2) is 12.2 Å². The van der Waals surface area contributed by atoms with Crippen LogP contribution in [0.4, 0.5) is 0 Å². The van der Waals surface area contributed by atoms with Crippen molar-refractivity contribution >= 4 is 0 Å². The van der Waals surface area contributed by atoms with Gasteiger partial charge in [0.05, 0.1) is 13.7 Å². The zero-order chi connectivity index (χ0) is 10.6. The Kier molecular flexibility index (Phi) is 3.96. The normalized spacial score (nSPS) is 10.6. The molecule has 0 bridgehead atoms. The molecule has 1 rings (SSSR count). The number of rotatable bonds is 4. The topological polar surface area (TPSA) is 29.5 Å². The molecule has 1 aromatic rings. The Bertz CT molecular complexity index is 292. The molecule has 0 aliphatic rings. The molecular formula is C12H18O2. The summed E-state index contributed by atoms with van der Waals surface area (Å²) >= 11 is 0. The molecule has 0 spiro atoms. The number of aliphatic hydroxyl groups is 1. The number of hydrogen-bond acceptors (Lipinski definition) is 2. The molecule has 0 aliphatic carbocycles. The van der Waals surface area contributed by atoms with Crippen LogP contribution in [0, 0.1) is 5.92 Å². The van der Waals surface area contributed by atoms with E-state index in [0.717, 1.165) is 17.7 Å². The summed E-state index contributed by atoms with van der Waals surface area (Å²) in [6, 6.07) is 5.82. The van der Waals surface area contributed by atoms with Gasteiger partial charge >= 0.3 is 0 Å². The van der Waals surface area contributed by atoms with E-state index in [4.69, 9.17) is 9.84 Å². The molecule has 2 heteroatoms. The van der Waals surface area contributed by atoms with Gasteiger partial charge in [0.1, 0.15) is 5.75 Å². The second-order valence-corrected chi connectivity index (χ2v) is 3.90. The number of hydrogen-bond donors (Lipinski definition) is 1. The third kappa shape index (κ3) is 2.74. The van der Waals surface area contributed by atoms with Crippen molar-refractivity contribution in [3.8, 4) is 5.75 Å². The minimum atomic E-state index is 0.0924. The molecule has 0 heterocycles. The van der Waals surface area contributed by atoms with E-state index in [-0.39, 0.29) is 6.61 Å². The maximum absolute atomic E-state index is 9.02. The predicted molar refractivity (Wildman–Crippen MR) is 57.5 cm³/mol. The fraction of sp³-hybridized carbons (Fsp3) is 0.500. The van der Waals surface area contributed by atoms with Crippen LogP contribution in [-0.2, 0) is 13.0 Å². The van der Waals surface area contributed by atoms with Crippen molar-refractivity contribution in [2.45, 2.75) is 26.9 Å². The highest BCUT2D eigenvalue weighted by molar-refractivity contribution is 5.37. The van der Waals surface area contributed by atoms with Crippen LogP contribution in [0.5, 0.6) is 5.75 Å². The van der Waals surface area contributed by atoms with Gasteiger partial charge in [-0.2, -0.15) is 0 Å². The van der Waals surface area contributed by atoms with Crippen molar-refractivity contribution in [3.05, 3.63) is 29.3 Å². The Morgan fingerprint density at radius 3 is 2.57 bits per heavy atom. The highest BCUT2D eigenvalue weighted by Crippen LogP contribution is 2.22. The molecule has 0 amide bonds. The van der Waals surface area contributed by atoms with E-state index in [1.807, 2.05) is 18.2 Å². The van der Waals surface area contributed by atoms with Gasteiger partial charge in [0, 0.05) is 0 Å². The van der Waals surface area contributed by atoms with Gasteiger partial charge in [0.25, 0.3) is 0 Å². The quantitative estimate of drug-likeness (QED) is 0.797. The lowest BCUT2D eigenvalue weighted by Crippen LogP contribution is -1.99.